The molecule has 1 aliphatic rings. The Kier molecular flexibility index (Phi) is 5.48. The predicted molar refractivity (Wildman–Crippen MR) is 96.1 cm³/mol. The van der Waals surface area contributed by atoms with Crippen LogP contribution in [0, 0.1) is 5.92 Å². The van der Waals surface area contributed by atoms with Crippen LogP contribution in [0.25, 0.3) is 0 Å². The lowest BCUT2D eigenvalue weighted by Crippen LogP contribution is -2.28. The Bertz CT molecular complexity index is 730. The van der Waals surface area contributed by atoms with Crippen molar-refractivity contribution in [2.75, 3.05) is 5.32 Å². The van der Waals surface area contributed by atoms with E-state index in [9.17, 15) is 9.59 Å². The molecular formula is C19H24N4O2. The number of benzene rings is 1. The second kappa shape index (κ2) is 7.96. The summed E-state index contributed by atoms with van der Waals surface area (Å²) >= 11 is 0. The van der Waals surface area contributed by atoms with E-state index < -0.39 is 0 Å². The number of hydrogen-bond donors (Lipinski definition) is 2. The lowest BCUT2D eigenvalue weighted by atomic mass is 10.1. The summed E-state index contributed by atoms with van der Waals surface area (Å²) in [5.41, 5.74) is 2.25. The number of aromatic nitrogens is 2. The SMILES string of the molecule is CCn1cc(NC(=O)c2ccc(CNC(=O)C3CCCC3)cc2)cn1. The number of nitrogens with one attached hydrogen (secondary N) is 2. The number of carbonyl (C=O) groups excluding carboxylic acids is 2. The van der Waals surface area contributed by atoms with Gasteiger partial charge in [0.05, 0.1) is 11.9 Å². The number of anilines is 1. The van der Waals surface area contributed by atoms with E-state index in [0.717, 1.165) is 37.8 Å². The molecule has 132 valence electrons. The average molecular weight is 340 g/mol. The van der Waals surface area contributed by atoms with E-state index in [0.29, 0.717) is 17.8 Å². The van der Waals surface area contributed by atoms with Crippen LogP contribution in [-0.2, 0) is 17.9 Å². The van der Waals surface area contributed by atoms with Gasteiger partial charge in [-0.3, -0.25) is 14.3 Å². The van der Waals surface area contributed by atoms with Crippen molar-refractivity contribution in [3.8, 4) is 0 Å². The van der Waals surface area contributed by atoms with Gasteiger partial charge >= 0.3 is 0 Å². The number of carbonyl (C=O) groups is 2. The highest BCUT2D eigenvalue weighted by molar-refractivity contribution is 6.04. The molecule has 6 heteroatoms. The zero-order valence-corrected chi connectivity index (χ0v) is 14.5. The molecule has 0 spiro atoms. The number of rotatable bonds is 6. The molecule has 25 heavy (non-hydrogen) atoms. The van der Waals surface area contributed by atoms with Gasteiger partial charge < -0.3 is 10.6 Å². The summed E-state index contributed by atoms with van der Waals surface area (Å²) in [5.74, 6) is 0.151. The third-order valence-electron chi connectivity index (χ3n) is 4.62. The molecule has 1 saturated carbocycles. The molecule has 0 unspecified atom stereocenters. The Balaban J connectivity index is 1.52. The normalized spacial score (nSPS) is 14.4. The molecule has 0 bridgehead atoms. The van der Waals surface area contributed by atoms with Gasteiger partial charge in [0.25, 0.3) is 5.91 Å². The van der Waals surface area contributed by atoms with E-state index >= 15 is 0 Å². The van der Waals surface area contributed by atoms with Crippen LogP contribution in [0.15, 0.2) is 36.7 Å². The fourth-order valence-corrected chi connectivity index (χ4v) is 3.10. The lowest BCUT2D eigenvalue weighted by Gasteiger charge is -2.10. The van der Waals surface area contributed by atoms with E-state index in [4.69, 9.17) is 0 Å². The standard InChI is InChI=1S/C19H24N4O2/c1-2-23-13-17(12-21-23)22-19(25)16-9-7-14(8-10-16)11-20-18(24)15-5-3-4-6-15/h7-10,12-13,15H,2-6,11H2,1H3,(H,20,24)(H,22,25). The first-order valence-corrected chi connectivity index (χ1v) is 8.86. The van der Waals surface area contributed by atoms with Crippen LogP contribution in [0.1, 0.15) is 48.5 Å². The van der Waals surface area contributed by atoms with E-state index in [1.807, 2.05) is 19.1 Å². The van der Waals surface area contributed by atoms with Crippen molar-refractivity contribution in [2.45, 2.75) is 45.7 Å². The largest absolute Gasteiger partial charge is 0.352 e. The zero-order valence-electron chi connectivity index (χ0n) is 14.5. The minimum Gasteiger partial charge on any atom is -0.352 e. The van der Waals surface area contributed by atoms with E-state index in [2.05, 4.69) is 15.7 Å². The van der Waals surface area contributed by atoms with E-state index in [1.54, 1.807) is 29.2 Å². The molecule has 1 fully saturated rings. The molecule has 0 atom stereocenters. The fourth-order valence-electron chi connectivity index (χ4n) is 3.10. The fraction of sp³-hybridized carbons (Fsp3) is 0.421. The topological polar surface area (TPSA) is 76.0 Å². The summed E-state index contributed by atoms with van der Waals surface area (Å²) in [6, 6.07) is 7.30. The van der Waals surface area contributed by atoms with Crippen LogP contribution >= 0.6 is 0 Å². The van der Waals surface area contributed by atoms with Gasteiger partial charge in [0.1, 0.15) is 0 Å². The average Bonchev–Trinajstić information content (AvgIpc) is 3.32. The molecular weight excluding hydrogens is 316 g/mol. The lowest BCUT2D eigenvalue weighted by molar-refractivity contribution is -0.124. The maximum Gasteiger partial charge on any atom is 0.255 e. The van der Waals surface area contributed by atoms with Crippen LogP contribution in [0.3, 0.4) is 0 Å². The first-order valence-electron chi connectivity index (χ1n) is 8.86. The smallest absolute Gasteiger partial charge is 0.255 e. The molecule has 2 aromatic rings. The highest BCUT2D eigenvalue weighted by Gasteiger charge is 2.22. The van der Waals surface area contributed by atoms with Crippen LogP contribution in [0.5, 0.6) is 0 Å². The Labute approximate surface area is 147 Å². The maximum absolute atomic E-state index is 12.2. The van der Waals surface area contributed by atoms with Gasteiger partial charge in [-0.25, -0.2) is 0 Å². The molecule has 0 radical (unpaired) electrons. The number of hydrogen-bond acceptors (Lipinski definition) is 3. The molecule has 0 aliphatic heterocycles. The molecule has 1 heterocycles. The number of nitrogens with zero attached hydrogens (tertiary/aromatic N) is 2. The van der Waals surface area contributed by atoms with Crippen molar-refractivity contribution in [1.29, 1.82) is 0 Å². The summed E-state index contributed by atoms with van der Waals surface area (Å²) < 4.78 is 1.76. The summed E-state index contributed by atoms with van der Waals surface area (Å²) in [5, 5.41) is 9.95. The summed E-state index contributed by atoms with van der Waals surface area (Å²) in [4.78, 5) is 24.3. The van der Waals surface area contributed by atoms with Gasteiger partial charge in [-0.2, -0.15) is 5.10 Å². The predicted octanol–water partition coefficient (Wildman–Crippen LogP) is 2.96. The second-order valence-corrected chi connectivity index (χ2v) is 6.43. The van der Waals surface area contributed by atoms with Crippen molar-refractivity contribution < 1.29 is 9.59 Å². The molecule has 0 saturated heterocycles. The third-order valence-corrected chi connectivity index (χ3v) is 4.62. The van der Waals surface area contributed by atoms with Crippen LogP contribution in [-0.4, -0.2) is 21.6 Å². The Morgan fingerprint density at radius 3 is 2.56 bits per heavy atom. The van der Waals surface area contributed by atoms with Crippen molar-refractivity contribution in [2.24, 2.45) is 5.92 Å². The minimum atomic E-state index is -0.169. The Morgan fingerprint density at radius 1 is 1.20 bits per heavy atom. The van der Waals surface area contributed by atoms with E-state index in [1.165, 1.54) is 0 Å². The molecule has 2 N–H and O–H groups in total. The van der Waals surface area contributed by atoms with Crippen molar-refractivity contribution >= 4 is 17.5 Å². The van der Waals surface area contributed by atoms with Gasteiger partial charge in [-0.1, -0.05) is 25.0 Å². The van der Waals surface area contributed by atoms with Crippen molar-refractivity contribution in [3.05, 3.63) is 47.8 Å². The van der Waals surface area contributed by atoms with Crippen LogP contribution in [0.4, 0.5) is 5.69 Å². The van der Waals surface area contributed by atoms with Crippen LogP contribution in [0.2, 0.25) is 0 Å². The van der Waals surface area contributed by atoms with Crippen molar-refractivity contribution in [3.63, 3.8) is 0 Å². The van der Waals surface area contributed by atoms with Gasteiger partial charge in [0.15, 0.2) is 0 Å². The maximum atomic E-state index is 12.2. The first-order chi connectivity index (χ1) is 12.2. The molecule has 1 aromatic heterocycles. The Hall–Kier alpha value is -2.63. The molecule has 3 rings (SSSR count). The highest BCUT2D eigenvalue weighted by Crippen LogP contribution is 2.24. The van der Waals surface area contributed by atoms with Crippen LogP contribution < -0.4 is 10.6 Å². The van der Waals surface area contributed by atoms with Gasteiger partial charge in [0, 0.05) is 30.8 Å². The zero-order chi connectivity index (χ0) is 17.6. The molecule has 1 aliphatic carbocycles. The molecule has 2 amide bonds. The Morgan fingerprint density at radius 2 is 1.92 bits per heavy atom. The monoisotopic (exact) mass is 340 g/mol. The quantitative estimate of drug-likeness (QED) is 0.849. The van der Waals surface area contributed by atoms with Gasteiger partial charge in [-0.15, -0.1) is 0 Å². The molecule has 6 nitrogen and oxygen atoms in total. The highest BCUT2D eigenvalue weighted by atomic mass is 16.2. The first kappa shape index (κ1) is 17.2. The summed E-state index contributed by atoms with van der Waals surface area (Å²) in [6.45, 7) is 3.25. The summed E-state index contributed by atoms with van der Waals surface area (Å²) in [6.07, 6.45) is 7.73. The van der Waals surface area contributed by atoms with E-state index in [-0.39, 0.29) is 17.7 Å². The summed E-state index contributed by atoms with van der Waals surface area (Å²) in [7, 11) is 0. The van der Waals surface area contributed by atoms with Crippen molar-refractivity contribution in [1.82, 2.24) is 15.1 Å². The van der Waals surface area contributed by atoms with Gasteiger partial charge in [-0.05, 0) is 37.5 Å². The number of aryl methyl sites for hydroxylation is 1. The second-order valence-electron chi connectivity index (χ2n) is 6.43. The molecule has 1 aromatic carbocycles. The van der Waals surface area contributed by atoms with Gasteiger partial charge in [0.2, 0.25) is 5.91 Å². The number of amides is 2. The minimum absolute atomic E-state index is 0.146. The third kappa shape index (κ3) is 4.47.